The maximum atomic E-state index is 13.3. The zero-order valence-electron chi connectivity index (χ0n) is 12.3. The smallest absolute Gasteiger partial charge is 0.317 e. The predicted molar refractivity (Wildman–Crippen MR) is 83.2 cm³/mol. The summed E-state index contributed by atoms with van der Waals surface area (Å²) in [6.45, 7) is 1.60. The first-order valence-corrected chi connectivity index (χ1v) is 8.18. The summed E-state index contributed by atoms with van der Waals surface area (Å²) >= 11 is 1.58. The lowest BCUT2D eigenvalue weighted by Crippen LogP contribution is -2.46. The maximum absolute atomic E-state index is 13.3. The summed E-state index contributed by atoms with van der Waals surface area (Å²) in [7, 11) is 0. The molecule has 0 saturated carbocycles. The molecular formula is C16H16F2N2O2S. The first-order valence-electron chi connectivity index (χ1n) is 7.24. The van der Waals surface area contributed by atoms with Crippen LogP contribution in [0.3, 0.4) is 0 Å². The molecule has 23 heavy (non-hydrogen) atoms. The van der Waals surface area contributed by atoms with Crippen LogP contribution >= 0.6 is 11.3 Å². The highest BCUT2D eigenvalue weighted by molar-refractivity contribution is 7.07. The summed E-state index contributed by atoms with van der Waals surface area (Å²) in [6, 6.07) is 5.44. The Morgan fingerprint density at radius 1 is 1.35 bits per heavy atom. The minimum Gasteiger partial charge on any atom is -0.370 e. The summed E-state index contributed by atoms with van der Waals surface area (Å²) in [6.07, 6.45) is -0.453. The molecule has 0 radical (unpaired) electrons. The Balaban J connectivity index is 1.60. The van der Waals surface area contributed by atoms with E-state index in [0.717, 1.165) is 17.7 Å². The largest absolute Gasteiger partial charge is 0.370 e. The fraction of sp³-hybridized carbons (Fsp3) is 0.312. The second-order valence-electron chi connectivity index (χ2n) is 5.27. The van der Waals surface area contributed by atoms with E-state index in [9.17, 15) is 13.6 Å². The number of halogens is 2. The standard InChI is InChI=1S/C16H16F2N2O2S/c17-13-2-1-12(7-14(13)18)15-9-20(4-5-22-15)16(21)19-8-11-3-6-23-10-11/h1-3,6-7,10,15H,4-5,8-9H2,(H,19,21)/t15-/m0/s1. The zero-order chi connectivity index (χ0) is 16.2. The van der Waals surface area contributed by atoms with Crippen molar-refractivity contribution in [2.24, 2.45) is 0 Å². The van der Waals surface area contributed by atoms with Crippen molar-refractivity contribution in [1.82, 2.24) is 10.2 Å². The number of benzene rings is 1. The highest BCUT2D eigenvalue weighted by atomic mass is 32.1. The van der Waals surface area contributed by atoms with Crippen LogP contribution in [0.15, 0.2) is 35.0 Å². The highest BCUT2D eigenvalue weighted by Crippen LogP contribution is 2.23. The number of rotatable bonds is 3. The number of urea groups is 1. The van der Waals surface area contributed by atoms with Crippen LogP contribution < -0.4 is 5.32 Å². The van der Waals surface area contributed by atoms with Gasteiger partial charge in [0.25, 0.3) is 0 Å². The minimum absolute atomic E-state index is 0.188. The summed E-state index contributed by atoms with van der Waals surface area (Å²) in [5.74, 6) is -1.81. The number of hydrogen-bond acceptors (Lipinski definition) is 3. The van der Waals surface area contributed by atoms with Crippen molar-refractivity contribution in [3.8, 4) is 0 Å². The van der Waals surface area contributed by atoms with E-state index in [4.69, 9.17) is 4.74 Å². The molecule has 2 amide bonds. The average Bonchev–Trinajstić information content (AvgIpc) is 3.09. The quantitative estimate of drug-likeness (QED) is 0.933. The van der Waals surface area contributed by atoms with E-state index in [1.807, 2.05) is 16.8 Å². The molecule has 0 spiro atoms. The van der Waals surface area contributed by atoms with Gasteiger partial charge in [-0.05, 0) is 40.1 Å². The van der Waals surface area contributed by atoms with Crippen LogP contribution in [0.2, 0.25) is 0 Å². The molecule has 1 aromatic heterocycles. The summed E-state index contributed by atoms with van der Waals surface area (Å²) < 4.78 is 31.9. The van der Waals surface area contributed by atoms with Crippen molar-refractivity contribution < 1.29 is 18.3 Å². The van der Waals surface area contributed by atoms with Gasteiger partial charge in [-0.1, -0.05) is 6.07 Å². The average molecular weight is 338 g/mol. The van der Waals surface area contributed by atoms with Gasteiger partial charge in [-0.3, -0.25) is 0 Å². The van der Waals surface area contributed by atoms with Gasteiger partial charge in [-0.25, -0.2) is 13.6 Å². The van der Waals surface area contributed by atoms with Gasteiger partial charge in [0.1, 0.15) is 6.10 Å². The number of ether oxygens (including phenoxy) is 1. The van der Waals surface area contributed by atoms with Gasteiger partial charge in [-0.2, -0.15) is 11.3 Å². The number of nitrogens with zero attached hydrogens (tertiary/aromatic N) is 1. The molecule has 1 fully saturated rings. The van der Waals surface area contributed by atoms with Crippen LogP contribution in [0.4, 0.5) is 13.6 Å². The predicted octanol–water partition coefficient (Wildman–Crippen LogP) is 3.31. The Labute approximate surface area is 136 Å². The fourth-order valence-electron chi connectivity index (χ4n) is 2.43. The third-order valence-corrected chi connectivity index (χ3v) is 4.42. The number of nitrogens with one attached hydrogen (secondary N) is 1. The molecular weight excluding hydrogens is 322 g/mol. The van der Waals surface area contributed by atoms with Crippen molar-refractivity contribution >= 4 is 17.4 Å². The fourth-order valence-corrected chi connectivity index (χ4v) is 3.10. The number of carbonyl (C=O) groups is 1. The van der Waals surface area contributed by atoms with E-state index in [1.165, 1.54) is 6.07 Å². The molecule has 0 bridgehead atoms. The number of hydrogen-bond donors (Lipinski definition) is 1. The molecule has 2 aromatic rings. The van der Waals surface area contributed by atoms with Crippen LogP contribution in [-0.4, -0.2) is 30.6 Å². The summed E-state index contributed by atoms with van der Waals surface area (Å²) in [4.78, 5) is 13.8. The lowest BCUT2D eigenvalue weighted by atomic mass is 10.1. The Bertz CT molecular complexity index is 679. The Kier molecular flexibility index (Phi) is 4.88. The van der Waals surface area contributed by atoms with E-state index < -0.39 is 17.7 Å². The molecule has 3 rings (SSSR count). The van der Waals surface area contributed by atoms with Gasteiger partial charge in [0.05, 0.1) is 13.2 Å². The summed E-state index contributed by atoms with van der Waals surface area (Å²) in [5, 5.41) is 6.78. The van der Waals surface area contributed by atoms with Crippen molar-refractivity contribution in [3.05, 3.63) is 57.8 Å². The Morgan fingerprint density at radius 2 is 2.22 bits per heavy atom. The SMILES string of the molecule is O=C(NCc1ccsc1)N1CCO[C@H](c2ccc(F)c(F)c2)C1. The van der Waals surface area contributed by atoms with Crippen molar-refractivity contribution in [1.29, 1.82) is 0 Å². The first kappa shape index (κ1) is 15.9. The van der Waals surface area contributed by atoms with Crippen LogP contribution in [0.5, 0.6) is 0 Å². The molecule has 2 heterocycles. The van der Waals surface area contributed by atoms with Gasteiger partial charge in [0.15, 0.2) is 11.6 Å². The van der Waals surface area contributed by atoms with E-state index in [0.29, 0.717) is 31.8 Å². The van der Waals surface area contributed by atoms with Gasteiger partial charge in [-0.15, -0.1) is 0 Å². The van der Waals surface area contributed by atoms with Crippen molar-refractivity contribution in [3.63, 3.8) is 0 Å². The van der Waals surface area contributed by atoms with Crippen LogP contribution in [0, 0.1) is 11.6 Å². The molecule has 0 aliphatic carbocycles. The molecule has 1 aliphatic heterocycles. The second-order valence-corrected chi connectivity index (χ2v) is 6.05. The van der Waals surface area contributed by atoms with E-state index in [-0.39, 0.29) is 6.03 Å². The molecule has 122 valence electrons. The third kappa shape index (κ3) is 3.86. The van der Waals surface area contributed by atoms with Crippen molar-refractivity contribution in [2.45, 2.75) is 12.6 Å². The van der Waals surface area contributed by atoms with Gasteiger partial charge in [0.2, 0.25) is 0 Å². The van der Waals surface area contributed by atoms with E-state index in [1.54, 1.807) is 16.2 Å². The molecule has 0 unspecified atom stereocenters. The topological polar surface area (TPSA) is 41.6 Å². The molecule has 7 heteroatoms. The number of thiophene rings is 1. The highest BCUT2D eigenvalue weighted by Gasteiger charge is 2.26. The molecule has 1 N–H and O–H groups in total. The molecule has 1 aliphatic rings. The first-order chi connectivity index (χ1) is 11.1. The molecule has 1 atom stereocenters. The monoisotopic (exact) mass is 338 g/mol. The second kappa shape index (κ2) is 7.06. The normalized spacial score (nSPS) is 18.0. The number of morpholine rings is 1. The lowest BCUT2D eigenvalue weighted by Gasteiger charge is -2.33. The number of amides is 2. The minimum atomic E-state index is -0.912. The Hall–Kier alpha value is -1.99. The lowest BCUT2D eigenvalue weighted by molar-refractivity contribution is -0.0156. The van der Waals surface area contributed by atoms with Crippen LogP contribution in [0.1, 0.15) is 17.2 Å². The van der Waals surface area contributed by atoms with Gasteiger partial charge < -0.3 is 15.0 Å². The van der Waals surface area contributed by atoms with Crippen LogP contribution in [0.25, 0.3) is 0 Å². The number of carbonyl (C=O) groups excluding carboxylic acids is 1. The van der Waals surface area contributed by atoms with Gasteiger partial charge >= 0.3 is 6.03 Å². The third-order valence-electron chi connectivity index (χ3n) is 3.69. The van der Waals surface area contributed by atoms with Crippen molar-refractivity contribution in [2.75, 3.05) is 19.7 Å². The van der Waals surface area contributed by atoms with Gasteiger partial charge in [0, 0.05) is 13.1 Å². The molecule has 4 nitrogen and oxygen atoms in total. The molecule has 1 aromatic carbocycles. The zero-order valence-corrected chi connectivity index (χ0v) is 13.1. The summed E-state index contributed by atoms with van der Waals surface area (Å²) in [5.41, 5.74) is 1.58. The maximum Gasteiger partial charge on any atom is 0.317 e. The van der Waals surface area contributed by atoms with E-state index >= 15 is 0 Å². The Morgan fingerprint density at radius 3 is 2.96 bits per heavy atom. The van der Waals surface area contributed by atoms with Crippen LogP contribution in [-0.2, 0) is 11.3 Å². The molecule has 1 saturated heterocycles. The van der Waals surface area contributed by atoms with E-state index in [2.05, 4.69) is 5.32 Å².